The number of rotatable bonds is 6. The highest BCUT2D eigenvalue weighted by Gasteiger charge is 2.27. The van der Waals surface area contributed by atoms with Crippen molar-refractivity contribution in [2.24, 2.45) is 0 Å². The van der Waals surface area contributed by atoms with Gasteiger partial charge in [-0.2, -0.15) is 0 Å². The number of sulfonamides is 1. The normalized spacial score (nSPS) is 15.5. The molecule has 9 heteroatoms. The van der Waals surface area contributed by atoms with Crippen molar-refractivity contribution < 1.29 is 17.9 Å². The SMILES string of the molecule is CCOc1ccc(Br)cc1S(=O)(=O)Nc1ccc(C(=O)N2Cc3cc(Br)ccc3C(C)C2)cc1. The Morgan fingerprint density at radius 3 is 2.44 bits per heavy atom. The van der Waals surface area contributed by atoms with Crippen LogP contribution in [0.5, 0.6) is 5.75 Å². The number of hydrogen-bond donors (Lipinski definition) is 1. The maximum atomic E-state index is 13.2. The van der Waals surface area contributed by atoms with Crippen LogP contribution in [0.1, 0.15) is 41.3 Å². The van der Waals surface area contributed by atoms with E-state index in [4.69, 9.17) is 4.74 Å². The molecule has 3 aromatic carbocycles. The van der Waals surface area contributed by atoms with Crippen molar-refractivity contribution >= 4 is 53.5 Å². The highest BCUT2D eigenvalue weighted by Crippen LogP contribution is 2.32. The molecule has 1 aliphatic heterocycles. The predicted molar refractivity (Wildman–Crippen MR) is 140 cm³/mol. The minimum Gasteiger partial charge on any atom is -0.492 e. The lowest BCUT2D eigenvalue weighted by atomic mass is 9.91. The Bertz CT molecular complexity index is 1330. The van der Waals surface area contributed by atoms with Crippen molar-refractivity contribution in [2.45, 2.75) is 31.2 Å². The van der Waals surface area contributed by atoms with Crippen LogP contribution in [0.15, 0.2) is 74.5 Å². The fraction of sp³-hybridized carbons (Fsp3) is 0.240. The smallest absolute Gasteiger partial charge is 0.265 e. The number of halogens is 2. The number of nitrogens with one attached hydrogen (secondary N) is 1. The van der Waals surface area contributed by atoms with Gasteiger partial charge in [0.25, 0.3) is 15.9 Å². The maximum Gasteiger partial charge on any atom is 0.265 e. The molecule has 0 aromatic heterocycles. The molecule has 1 aliphatic rings. The molecule has 0 radical (unpaired) electrons. The zero-order chi connectivity index (χ0) is 24.5. The van der Waals surface area contributed by atoms with Gasteiger partial charge in [0.1, 0.15) is 10.6 Å². The predicted octanol–water partition coefficient (Wildman–Crippen LogP) is 6.17. The van der Waals surface area contributed by atoms with Crippen LogP contribution in [-0.2, 0) is 16.6 Å². The highest BCUT2D eigenvalue weighted by molar-refractivity contribution is 9.10. The molecular weight excluding hydrogens is 584 g/mol. The van der Waals surface area contributed by atoms with Gasteiger partial charge in [0.2, 0.25) is 0 Å². The van der Waals surface area contributed by atoms with Crippen molar-refractivity contribution in [3.05, 3.63) is 86.3 Å². The Balaban J connectivity index is 1.52. The minimum atomic E-state index is -3.89. The van der Waals surface area contributed by atoms with E-state index in [0.717, 1.165) is 10.0 Å². The molecule has 3 aromatic rings. The molecule has 1 unspecified atom stereocenters. The van der Waals surface area contributed by atoms with Crippen LogP contribution in [0.4, 0.5) is 5.69 Å². The van der Waals surface area contributed by atoms with Crippen molar-refractivity contribution in [1.82, 2.24) is 4.90 Å². The van der Waals surface area contributed by atoms with Crippen LogP contribution < -0.4 is 9.46 Å². The number of amides is 1. The number of benzene rings is 3. The summed E-state index contributed by atoms with van der Waals surface area (Å²) in [6.45, 7) is 5.42. The van der Waals surface area contributed by atoms with E-state index in [-0.39, 0.29) is 22.5 Å². The maximum absolute atomic E-state index is 13.2. The second kappa shape index (κ2) is 10.1. The summed E-state index contributed by atoms with van der Waals surface area (Å²) in [5.41, 5.74) is 3.26. The average molecular weight is 608 g/mol. The van der Waals surface area contributed by atoms with E-state index in [1.807, 2.05) is 11.0 Å². The van der Waals surface area contributed by atoms with Gasteiger partial charge < -0.3 is 9.64 Å². The molecule has 4 rings (SSSR count). The molecule has 34 heavy (non-hydrogen) atoms. The summed E-state index contributed by atoms with van der Waals surface area (Å²) < 4.78 is 35.7. The molecule has 1 amide bonds. The molecule has 1 heterocycles. The number of fused-ring (bicyclic) bond motifs is 1. The summed E-state index contributed by atoms with van der Waals surface area (Å²) in [4.78, 5) is 15.0. The molecule has 1 N–H and O–H groups in total. The number of hydrogen-bond acceptors (Lipinski definition) is 4. The third-order valence-corrected chi connectivity index (χ3v) is 8.05. The topological polar surface area (TPSA) is 75.7 Å². The van der Waals surface area contributed by atoms with Gasteiger partial charge in [0.15, 0.2) is 0 Å². The second-order valence-corrected chi connectivity index (χ2v) is 11.6. The number of carbonyl (C=O) groups is 1. The van der Waals surface area contributed by atoms with Gasteiger partial charge in [-0.25, -0.2) is 8.42 Å². The molecule has 6 nitrogen and oxygen atoms in total. The summed E-state index contributed by atoms with van der Waals surface area (Å²) in [5, 5.41) is 0. The first kappa shape index (κ1) is 24.8. The summed E-state index contributed by atoms with van der Waals surface area (Å²) >= 11 is 6.82. The molecule has 178 valence electrons. The van der Waals surface area contributed by atoms with Crippen molar-refractivity contribution in [3.8, 4) is 5.75 Å². The molecule has 0 bridgehead atoms. The molecule has 0 saturated heterocycles. The van der Waals surface area contributed by atoms with Crippen molar-refractivity contribution in [2.75, 3.05) is 17.9 Å². The lowest BCUT2D eigenvalue weighted by Crippen LogP contribution is -2.37. The first-order valence-corrected chi connectivity index (χ1v) is 13.9. The molecule has 0 saturated carbocycles. The monoisotopic (exact) mass is 606 g/mol. The van der Waals surface area contributed by atoms with Gasteiger partial charge in [-0.1, -0.05) is 44.8 Å². The zero-order valence-electron chi connectivity index (χ0n) is 18.7. The van der Waals surface area contributed by atoms with Gasteiger partial charge in [-0.05, 0) is 78.6 Å². The summed E-state index contributed by atoms with van der Waals surface area (Å²) in [7, 11) is -3.89. The molecule has 0 spiro atoms. The van der Waals surface area contributed by atoms with E-state index < -0.39 is 10.0 Å². The van der Waals surface area contributed by atoms with Crippen LogP contribution in [0, 0.1) is 0 Å². The van der Waals surface area contributed by atoms with E-state index >= 15 is 0 Å². The number of ether oxygens (including phenoxy) is 1. The molecule has 1 atom stereocenters. The van der Waals surface area contributed by atoms with Gasteiger partial charge >= 0.3 is 0 Å². The number of nitrogens with zero attached hydrogens (tertiary/aromatic N) is 1. The van der Waals surface area contributed by atoms with Crippen molar-refractivity contribution in [1.29, 1.82) is 0 Å². The van der Waals surface area contributed by atoms with Crippen LogP contribution >= 0.6 is 31.9 Å². The molecule has 0 aliphatic carbocycles. The zero-order valence-corrected chi connectivity index (χ0v) is 22.7. The third-order valence-electron chi connectivity index (χ3n) is 5.66. The van der Waals surface area contributed by atoms with E-state index in [1.54, 1.807) is 43.3 Å². The minimum absolute atomic E-state index is 0.0380. The fourth-order valence-electron chi connectivity index (χ4n) is 4.09. The summed E-state index contributed by atoms with van der Waals surface area (Å²) in [6, 6.07) is 17.5. The fourth-order valence-corrected chi connectivity index (χ4v) is 6.24. The van der Waals surface area contributed by atoms with E-state index in [1.165, 1.54) is 11.6 Å². The quantitative estimate of drug-likeness (QED) is 0.364. The summed E-state index contributed by atoms with van der Waals surface area (Å²) in [5.74, 6) is 0.422. The third kappa shape index (κ3) is 5.31. The Hall–Kier alpha value is -2.36. The Morgan fingerprint density at radius 1 is 1.06 bits per heavy atom. The van der Waals surface area contributed by atoms with Crippen LogP contribution in [0.25, 0.3) is 0 Å². The van der Waals surface area contributed by atoms with Gasteiger partial charge in [0, 0.05) is 33.3 Å². The van der Waals surface area contributed by atoms with Gasteiger partial charge in [-0.15, -0.1) is 0 Å². The molecular formula is C25H24Br2N2O4S. The first-order chi connectivity index (χ1) is 16.2. The summed E-state index contributed by atoms with van der Waals surface area (Å²) in [6.07, 6.45) is 0. The van der Waals surface area contributed by atoms with Gasteiger partial charge in [-0.3, -0.25) is 9.52 Å². The van der Waals surface area contributed by atoms with E-state index in [2.05, 4.69) is 55.6 Å². The Morgan fingerprint density at radius 2 is 1.74 bits per heavy atom. The highest BCUT2D eigenvalue weighted by atomic mass is 79.9. The van der Waals surface area contributed by atoms with E-state index in [9.17, 15) is 13.2 Å². The number of carbonyl (C=O) groups excluding carboxylic acids is 1. The largest absolute Gasteiger partial charge is 0.492 e. The Kier molecular flexibility index (Phi) is 7.35. The van der Waals surface area contributed by atoms with E-state index in [0.29, 0.717) is 35.4 Å². The van der Waals surface area contributed by atoms with Crippen LogP contribution in [0.3, 0.4) is 0 Å². The van der Waals surface area contributed by atoms with Crippen molar-refractivity contribution in [3.63, 3.8) is 0 Å². The number of anilines is 1. The second-order valence-electron chi connectivity index (χ2n) is 8.14. The first-order valence-electron chi connectivity index (χ1n) is 10.8. The molecule has 0 fully saturated rings. The van der Waals surface area contributed by atoms with Gasteiger partial charge in [0.05, 0.1) is 6.61 Å². The standard InChI is InChI=1S/C25H24Br2N2O4S/c1-3-33-23-11-7-20(27)13-24(23)34(31,32)28-21-8-4-17(5-9-21)25(30)29-14-16(2)22-10-6-19(26)12-18(22)15-29/h4-13,16,28H,3,14-15H2,1-2H3. The van der Waals surface area contributed by atoms with Crippen LogP contribution in [-0.4, -0.2) is 32.4 Å². The lowest BCUT2D eigenvalue weighted by molar-refractivity contribution is 0.0721. The Labute approximate surface area is 216 Å². The lowest BCUT2D eigenvalue weighted by Gasteiger charge is -2.33. The van der Waals surface area contributed by atoms with Crippen LogP contribution in [0.2, 0.25) is 0 Å². The average Bonchev–Trinajstić information content (AvgIpc) is 2.79.